The molecule has 6 nitrogen and oxygen atoms in total. The summed E-state index contributed by atoms with van der Waals surface area (Å²) in [7, 11) is -3.51. The smallest absolute Gasteiger partial charge is 0.258 e. The van der Waals surface area contributed by atoms with E-state index in [9.17, 15) is 13.2 Å². The molecule has 0 aromatic heterocycles. The quantitative estimate of drug-likeness (QED) is 0.614. The minimum atomic E-state index is -3.51. The Balaban J connectivity index is 1.52. The molecule has 156 valence electrons. The largest absolute Gasteiger partial charge is 0.484 e. The van der Waals surface area contributed by atoms with Crippen LogP contribution in [0.3, 0.4) is 0 Å². The third-order valence-electron chi connectivity index (χ3n) is 5.03. The van der Waals surface area contributed by atoms with Gasteiger partial charge in [0.2, 0.25) is 10.0 Å². The number of carbonyl (C=O) groups is 1. The monoisotopic (exact) mass is 416 g/mol. The Morgan fingerprint density at radius 2 is 1.90 bits per heavy atom. The number of sulfonamides is 1. The Kier molecular flexibility index (Phi) is 7.28. The number of benzene rings is 2. The van der Waals surface area contributed by atoms with Crippen LogP contribution in [-0.2, 0) is 21.2 Å². The van der Waals surface area contributed by atoms with Gasteiger partial charge >= 0.3 is 0 Å². The highest BCUT2D eigenvalue weighted by molar-refractivity contribution is 7.89. The summed E-state index contributed by atoms with van der Waals surface area (Å²) in [5, 5.41) is 3.04. The molecule has 0 unspecified atom stereocenters. The van der Waals surface area contributed by atoms with Crippen LogP contribution >= 0.6 is 0 Å². The summed E-state index contributed by atoms with van der Waals surface area (Å²) in [5.41, 5.74) is 2.46. The van der Waals surface area contributed by atoms with Crippen molar-refractivity contribution >= 4 is 15.9 Å². The number of hydrogen-bond donors (Lipinski definition) is 2. The summed E-state index contributed by atoms with van der Waals surface area (Å²) in [5.74, 6) is 0.265. The van der Waals surface area contributed by atoms with Gasteiger partial charge in [-0.2, -0.15) is 0 Å². The van der Waals surface area contributed by atoms with Crippen LogP contribution in [-0.4, -0.2) is 27.5 Å². The third kappa shape index (κ3) is 5.81. The Hall–Kier alpha value is -2.38. The number of fused-ring (bicyclic) bond motifs is 1. The number of carbonyl (C=O) groups excluding carboxylic acids is 1. The molecule has 0 saturated carbocycles. The van der Waals surface area contributed by atoms with Crippen molar-refractivity contribution in [2.45, 2.75) is 50.0 Å². The molecule has 2 aromatic carbocycles. The number of unbranched alkanes of at least 4 members (excludes halogenated alkanes) is 1. The summed E-state index contributed by atoms with van der Waals surface area (Å²) in [6, 6.07) is 14.3. The van der Waals surface area contributed by atoms with Crippen molar-refractivity contribution in [3.8, 4) is 5.75 Å². The van der Waals surface area contributed by atoms with Crippen LogP contribution in [0.5, 0.6) is 5.75 Å². The van der Waals surface area contributed by atoms with Crippen LogP contribution in [0.2, 0.25) is 0 Å². The zero-order valence-corrected chi connectivity index (χ0v) is 17.5. The van der Waals surface area contributed by atoms with Crippen LogP contribution in [0.1, 0.15) is 49.8 Å². The highest BCUT2D eigenvalue weighted by Crippen LogP contribution is 2.29. The van der Waals surface area contributed by atoms with Crippen molar-refractivity contribution in [3.63, 3.8) is 0 Å². The summed E-state index contributed by atoms with van der Waals surface area (Å²) in [6.45, 7) is 2.31. The van der Waals surface area contributed by atoms with E-state index in [0.717, 1.165) is 32.1 Å². The first kappa shape index (κ1) is 21.3. The van der Waals surface area contributed by atoms with Gasteiger partial charge in [0.1, 0.15) is 5.75 Å². The first-order valence-corrected chi connectivity index (χ1v) is 11.6. The predicted octanol–water partition coefficient (Wildman–Crippen LogP) is 3.34. The molecule has 0 heterocycles. The molecule has 1 aliphatic carbocycles. The molecular formula is C22H28N2O4S. The van der Waals surface area contributed by atoms with Gasteiger partial charge in [-0.3, -0.25) is 4.79 Å². The summed E-state index contributed by atoms with van der Waals surface area (Å²) < 4.78 is 32.5. The normalized spacial score (nSPS) is 16.1. The van der Waals surface area contributed by atoms with Gasteiger partial charge in [-0.15, -0.1) is 0 Å². The molecule has 29 heavy (non-hydrogen) atoms. The van der Waals surface area contributed by atoms with Crippen molar-refractivity contribution in [1.29, 1.82) is 0 Å². The Labute approximate surface area is 172 Å². The molecule has 0 fully saturated rings. The Morgan fingerprint density at radius 3 is 2.66 bits per heavy atom. The van der Waals surface area contributed by atoms with Crippen molar-refractivity contribution in [3.05, 3.63) is 59.7 Å². The van der Waals surface area contributed by atoms with Crippen LogP contribution in [0.25, 0.3) is 0 Å². The molecular weight excluding hydrogens is 388 g/mol. The van der Waals surface area contributed by atoms with Gasteiger partial charge in [-0.05, 0) is 61.1 Å². The molecule has 0 radical (unpaired) electrons. The van der Waals surface area contributed by atoms with Gasteiger partial charge in [0.05, 0.1) is 10.9 Å². The molecule has 0 saturated heterocycles. The fraction of sp³-hybridized carbons (Fsp3) is 0.409. The van der Waals surface area contributed by atoms with Crippen molar-refractivity contribution in [1.82, 2.24) is 10.0 Å². The molecule has 0 bridgehead atoms. The zero-order valence-electron chi connectivity index (χ0n) is 16.7. The lowest BCUT2D eigenvalue weighted by Crippen LogP contribution is -2.34. The molecule has 0 spiro atoms. The van der Waals surface area contributed by atoms with E-state index < -0.39 is 10.0 Å². The average molecular weight is 417 g/mol. The molecule has 2 N–H and O–H groups in total. The highest BCUT2D eigenvalue weighted by Gasteiger charge is 2.21. The van der Waals surface area contributed by atoms with Crippen LogP contribution in [0, 0.1) is 0 Å². The lowest BCUT2D eigenvalue weighted by atomic mass is 9.88. The summed E-state index contributed by atoms with van der Waals surface area (Å²) >= 11 is 0. The van der Waals surface area contributed by atoms with Gasteiger partial charge in [0, 0.05) is 6.54 Å². The second kappa shape index (κ2) is 9.89. The SMILES string of the molecule is CCCCNS(=O)(=O)c1ccc(OCC(=O)N[C@H]2CCCc3ccccc32)cc1. The third-order valence-corrected chi connectivity index (χ3v) is 6.51. The first-order valence-electron chi connectivity index (χ1n) is 10.1. The van der Waals surface area contributed by atoms with Gasteiger partial charge in [-0.25, -0.2) is 13.1 Å². The number of rotatable bonds is 9. The second-order valence-corrected chi connectivity index (χ2v) is 8.99. The highest BCUT2D eigenvalue weighted by atomic mass is 32.2. The first-order chi connectivity index (χ1) is 14.0. The molecule has 3 rings (SSSR count). The van der Waals surface area contributed by atoms with Gasteiger partial charge < -0.3 is 10.1 Å². The lowest BCUT2D eigenvalue weighted by Gasteiger charge is -2.26. The Bertz CT molecular complexity index is 926. The topological polar surface area (TPSA) is 84.5 Å². The van der Waals surface area contributed by atoms with Crippen molar-refractivity contribution in [2.24, 2.45) is 0 Å². The number of hydrogen-bond acceptors (Lipinski definition) is 4. The summed E-state index contributed by atoms with van der Waals surface area (Å²) in [4.78, 5) is 12.5. The average Bonchev–Trinajstić information content (AvgIpc) is 2.73. The molecule has 1 amide bonds. The standard InChI is InChI=1S/C22H28N2O4S/c1-2-3-15-23-29(26,27)19-13-11-18(12-14-19)28-16-22(25)24-21-10-6-8-17-7-4-5-9-20(17)21/h4-5,7,9,11-14,21,23H,2-3,6,8,10,15-16H2,1H3,(H,24,25)/t21-/m0/s1. The number of nitrogens with one attached hydrogen (secondary N) is 2. The van der Waals surface area contributed by atoms with E-state index >= 15 is 0 Å². The number of aryl methyl sites for hydroxylation is 1. The van der Waals surface area contributed by atoms with E-state index in [0.29, 0.717) is 12.3 Å². The van der Waals surface area contributed by atoms with Gasteiger partial charge in [0.25, 0.3) is 5.91 Å². The maximum absolute atomic E-state index is 12.3. The molecule has 1 aliphatic rings. The van der Waals surface area contributed by atoms with Gasteiger partial charge in [0.15, 0.2) is 6.61 Å². The lowest BCUT2D eigenvalue weighted by molar-refractivity contribution is -0.123. The maximum Gasteiger partial charge on any atom is 0.258 e. The maximum atomic E-state index is 12.3. The molecule has 0 aliphatic heterocycles. The Morgan fingerprint density at radius 1 is 1.14 bits per heavy atom. The van der Waals surface area contributed by atoms with Crippen molar-refractivity contribution < 1.29 is 17.9 Å². The zero-order chi connectivity index (χ0) is 20.7. The van der Waals surface area contributed by atoms with Gasteiger partial charge in [-0.1, -0.05) is 37.6 Å². The van der Waals surface area contributed by atoms with Crippen LogP contribution in [0.15, 0.2) is 53.4 Å². The van der Waals surface area contributed by atoms with E-state index in [1.54, 1.807) is 12.1 Å². The number of ether oxygens (including phenoxy) is 1. The van der Waals surface area contributed by atoms with Crippen LogP contribution in [0.4, 0.5) is 0 Å². The minimum Gasteiger partial charge on any atom is -0.484 e. The van der Waals surface area contributed by atoms with E-state index in [-0.39, 0.29) is 23.5 Å². The van der Waals surface area contributed by atoms with E-state index in [1.807, 2.05) is 19.1 Å². The summed E-state index contributed by atoms with van der Waals surface area (Å²) in [6.07, 6.45) is 4.72. The number of amides is 1. The second-order valence-electron chi connectivity index (χ2n) is 7.22. The van der Waals surface area contributed by atoms with Crippen molar-refractivity contribution in [2.75, 3.05) is 13.2 Å². The van der Waals surface area contributed by atoms with E-state index in [4.69, 9.17) is 4.74 Å². The fourth-order valence-corrected chi connectivity index (χ4v) is 4.54. The van der Waals surface area contributed by atoms with E-state index in [1.165, 1.54) is 23.3 Å². The predicted molar refractivity (Wildman–Crippen MR) is 112 cm³/mol. The fourth-order valence-electron chi connectivity index (χ4n) is 3.47. The molecule has 1 atom stereocenters. The molecule has 2 aromatic rings. The van der Waals surface area contributed by atoms with Crippen LogP contribution < -0.4 is 14.8 Å². The minimum absolute atomic E-state index is 0.0118. The van der Waals surface area contributed by atoms with E-state index in [2.05, 4.69) is 22.2 Å². The molecule has 7 heteroatoms.